The molecule has 0 radical (unpaired) electrons. The van der Waals surface area contributed by atoms with Crippen molar-refractivity contribution >= 4 is 15.9 Å². The summed E-state index contributed by atoms with van der Waals surface area (Å²) < 4.78 is 27.2. The second kappa shape index (κ2) is 8.93. The average molecular weight is 408 g/mol. The lowest BCUT2D eigenvalue weighted by atomic mass is 9.78. The van der Waals surface area contributed by atoms with Gasteiger partial charge in [-0.15, -0.1) is 0 Å². The third-order valence-corrected chi connectivity index (χ3v) is 8.27. The van der Waals surface area contributed by atoms with Crippen molar-refractivity contribution in [2.24, 2.45) is 11.8 Å². The Hall–Kier alpha value is -1.44. The van der Waals surface area contributed by atoms with Gasteiger partial charge in [0, 0.05) is 32.2 Å². The Morgan fingerprint density at radius 2 is 1.86 bits per heavy atom. The highest BCUT2D eigenvalue weighted by molar-refractivity contribution is 7.89. The van der Waals surface area contributed by atoms with Gasteiger partial charge in [0.15, 0.2) is 0 Å². The molecule has 1 aliphatic carbocycles. The highest BCUT2D eigenvalue weighted by Gasteiger charge is 2.31. The zero-order valence-electron chi connectivity index (χ0n) is 17.2. The normalized spacial score (nSPS) is 27.5. The van der Waals surface area contributed by atoms with Crippen LogP contribution in [-0.4, -0.2) is 62.3 Å². The molecule has 3 atom stereocenters. The summed E-state index contributed by atoms with van der Waals surface area (Å²) in [6, 6.07) is 7.29. The van der Waals surface area contributed by atoms with Gasteiger partial charge in [0.25, 0.3) is 0 Å². The first kappa shape index (κ1) is 21.3. The molecule has 1 N–H and O–H groups in total. The predicted molar refractivity (Wildman–Crippen MR) is 110 cm³/mol. The second-order valence-corrected chi connectivity index (χ2v) is 10.4. The number of piperazine rings is 1. The number of hydrogen-bond donors (Lipinski definition) is 1. The van der Waals surface area contributed by atoms with E-state index in [1.165, 1.54) is 17.1 Å². The lowest BCUT2D eigenvalue weighted by Crippen LogP contribution is -2.52. The zero-order chi connectivity index (χ0) is 20.3. The van der Waals surface area contributed by atoms with Crippen LogP contribution in [0.4, 0.5) is 0 Å². The van der Waals surface area contributed by atoms with Gasteiger partial charge >= 0.3 is 0 Å². The number of rotatable bonds is 5. The fraction of sp³-hybridized carbons (Fsp3) is 0.667. The van der Waals surface area contributed by atoms with Gasteiger partial charge in [-0.25, -0.2) is 8.42 Å². The third-order valence-electron chi connectivity index (χ3n) is 6.38. The summed E-state index contributed by atoms with van der Waals surface area (Å²) in [6.07, 6.45) is 3.47. The van der Waals surface area contributed by atoms with Crippen molar-refractivity contribution in [3.05, 3.63) is 29.8 Å². The van der Waals surface area contributed by atoms with Crippen molar-refractivity contribution in [3.8, 4) is 0 Å². The minimum absolute atomic E-state index is 0.0564. The Labute approximate surface area is 169 Å². The predicted octanol–water partition coefficient (Wildman–Crippen LogP) is 2.24. The van der Waals surface area contributed by atoms with Gasteiger partial charge < -0.3 is 5.32 Å². The van der Waals surface area contributed by atoms with E-state index in [-0.39, 0.29) is 11.9 Å². The maximum atomic E-state index is 12.8. The first-order valence-electron chi connectivity index (χ1n) is 10.4. The first-order valence-corrected chi connectivity index (χ1v) is 11.8. The summed E-state index contributed by atoms with van der Waals surface area (Å²) in [5.74, 6) is 1.21. The number of aryl methyl sites for hydroxylation is 1. The second-order valence-electron chi connectivity index (χ2n) is 8.44. The Morgan fingerprint density at radius 3 is 2.54 bits per heavy atom. The summed E-state index contributed by atoms with van der Waals surface area (Å²) in [4.78, 5) is 14.9. The Morgan fingerprint density at radius 1 is 1.14 bits per heavy atom. The Kier molecular flexibility index (Phi) is 6.78. The van der Waals surface area contributed by atoms with Crippen LogP contribution in [0.3, 0.4) is 0 Å². The molecule has 1 amide bonds. The zero-order valence-corrected chi connectivity index (χ0v) is 18.0. The number of hydrogen-bond acceptors (Lipinski definition) is 4. The van der Waals surface area contributed by atoms with Crippen LogP contribution in [-0.2, 0) is 14.8 Å². The summed E-state index contributed by atoms with van der Waals surface area (Å²) >= 11 is 0. The average Bonchev–Trinajstić information content (AvgIpc) is 2.66. The summed E-state index contributed by atoms with van der Waals surface area (Å²) in [5, 5.41) is 3.21. The lowest BCUT2D eigenvalue weighted by Gasteiger charge is -2.36. The van der Waals surface area contributed by atoms with E-state index in [1.807, 2.05) is 13.0 Å². The third kappa shape index (κ3) is 4.93. The minimum Gasteiger partial charge on any atom is -0.352 e. The van der Waals surface area contributed by atoms with Crippen molar-refractivity contribution in [3.63, 3.8) is 0 Å². The van der Waals surface area contributed by atoms with E-state index in [0.717, 1.165) is 12.0 Å². The SMILES string of the molecule is Cc1cccc(S(=O)(=O)N2CCN(CC(=O)N[C@@H]3CCC[C@@H](C)[C@@H]3C)CC2)c1. The number of carbonyl (C=O) groups excluding carboxylic acids is 1. The van der Waals surface area contributed by atoms with Gasteiger partial charge in [-0.3, -0.25) is 9.69 Å². The van der Waals surface area contributed by atoms with Crippen LogP contribution in [0.2, 0.25) is 0 Å². The molecule has 1 saturated carbocycles. The van der Waals surface area contributed by atoms with Crippen LogP contribution < -0.4 is 5.32 Å². The van der Waals surface area contributed by atoms with Crippen LogP contribution in [0.25, 0.3) is 0 Å². The quantitative estimate of drug-likeness (QED) is 0.813. The van der Waals surface area contributed by atoms with Crippen molar-refractivity contribution in [2.75, 3.05) is 32.7 Å². The fourth-order valence-corrected chi connectivity index (χ4v) is 5.82. The van der Waals surface area contributed by atoms with E-state index in [0.29, 0.717) is 49.5 Å². The molecule has 1 heterocycles. The van der Waals surface area contributed by atoms with E-state index < -0.39 is 10.0 Å². The fourth-order valence-electron chi connectivity index (χ4n) is 4.29. The molecule has 2 fully saturated rings. The Balaban J connectivity index is 1.50. The molecular formula is C21H33N3O3S. The van der Waals surface area contributed by atoms with Gasteiger partial charge in [-0.1, -0.05) is 38.8 Å². The largest absolute Gasteiger partial charge is 0.352 e. The maximum absolute atomic E-state index is 12.8. The summed E-state index contributed by atoms with van der Waals surface area (Å²) in [5.41, 5.74) is 0.933. The molecule has 0 spiro atoms. The van der Waals surface area contributed by atoms with Gasteiger partial charge in [-0.05, 0) is 42.9 Å². The number of amides is 1. The van der Waals surface area contributed by atoms with Gasteiger partial charge in [0.2, 0.25) is 15.9 Å². The number of nitrogens with zero attached hydrogens (tertiary/aromatic N) is 2. The molecule has 6 nitrogen and oxygen atoms in total. The van der Waals surface area contributed by atoms with E-state index in [4.69, 9.17) is 0 Å². The number of benzene rings is 1. The number of nitrogens with one attached hydrogen (secondary N) is 1. The molecule has 1 aromatic rings. The van der Waals surface area contributed by atoms with E-state index in [2.05, 4.69) is 24.1 Å². The molecule has 0 unspecified atom stereocenters. The number of carbonyl (C=O) groups is 1. The Bertz CT molecular complexity index is 788. The van der Waals surface area contributed by atoms with Crippen LogP contribution in [0.1, 0.15) is 38.7 Å². The molecule has 156 valence electrons. The van der Waals surface area contributed by atoms with E-state index in [9.17, 15) is 13.2 Å². The van der Waals surface area contributed by atoms with Crippen molar-refractivity contribution in [1.82, 2.24) is 14.5 Å². The van der Waals surface area contributed by atoms with Crippen molar-refractivity contribution in [1.29, 1.82) is 0 Å². The molecule has 1 saturated heterocycles. The molecule has 1 aliphatic heterocycles. The summed E-state index contributed by atoms with van der Waals surface area (Å²) in [6.45, 7) is 8.71. The van der Waals surface area contributed by atoms with Crippen LogP contribution in [0.15, 0.2) is 29.2 Å². The van der Waals surface area contributed by atoms with Crippen molar-refractivity contribution in [2.45, 2.75) is 51.0 Å². The van der Waals surface area contributed by atoms with Crippen LogP contribution in [0.5, 0.6) is 0 Å². The summed E-state index contributed by atoms with van der Waals surface area (Å²) in [7, 11) is -3.47. The van der Waals surface area contributed by atoms with Gasteiger partial charge in [0.1, 0.15) is 0 Å². The van der Waals surface area contributed by atoms with E-state index in [1.54, 1.807) is 18.2 Å². The molecular weight excluding hydrogens is 374 g/mol. The van der Waals surface area contributed by atoms with Crippen LogP contribution >= 0.6 is 0 Å². The maximum Gasteiger partial charge on any atom is 0.243 e. The molecule has 28 heavy (non-hydrogen) atoms. The van der Waals surface area contributed by atoms with Crippen LogP contribution in [0, 0.1) is 18.8 Å². The van der Waals surface area contributed by atoms with E-state index >= 15 is 0 Å². The highest BCUT2D eigenvalue weighted by Crippen LogP contribution is 2.29. The lowest BCUT2D eigenvalue weighted by molar-refractivity contribution is -0.124. The molecule has 0 aromatic heterocycles. The molecule has 3 rings (SSSR count). The molecule has 7 heteroatoms. The first-order chi connectivity index (χ1) is 13.3. The van der Waals surface area contributed by atoms with Gasteiger partial charge in [0.05, 0.1) is 11.4 Å². The monoisotopic (exact) mass is 407 g/mol. The highest BCUT2D eigenvalue weighted by atomic mass is 32.2. The topological polar surface area (TPSA) is 69.7 Å². The standard InChI is InChI=1S/C21H33N3O3S/c1-16-6-4-8-19(14-16)28(26,27)24-12-10-23(11-13-24)15-21(25)22-20-9-5-7-17(2)18(20)3/h4,6,8,14,17-18,20H,5,7,9-13,15H2,1-3H3,(H,22,25)/t17-,18+,20-/m1/s1. The molecule has 0 bridgehead atoms. The molecule has 2 aliphatic rings. The molecule has 1 aromatic carbocycles. The smallest absolute Gasteiger partial charge is 0.243 e. The number of sulfonamides is 1. The van der Waals surface area contributed by atoms with Crippen molar-refractivity contribution < 1.29 is 13.2 Å². The van der Waals surface area contributed by atoms with Gasteiger partial charge in [-0.2, -0.15) is 4.31 Å². The minimum atomic E-state index is -3.47.